The fourth-order valence-corrected chi connectivity index (χ4v) is 4.30. The molecule has 2 rings (SSSR count). The van der Waals surface area contributed by atoms with Crippen LogP contribution in [0.1, 0.15) is 17.7 Å². The van der Waals surface area contributed by atoms with Crippen LogP contribution in [-0.4, -0.2) is 35.6 Å². The highest BCUT2D eigenvalue weighted by Gasteiger charge is 2.25. The third-order valence-electron chi connectivity index (χ3n) is 3.35. The summed E-state index contributed by atoms with van der Waals surface area (Å²) in [6, 6.07) is 3.86. The summed E-state index contributed by atoms with van der Waals surface area (Å²) in [5.74, 6) is 1.10. The van der Waals surface area contributed by atoms with Gasteiger partial charge < -0.3 is 10.6 Å². The van der Waals surface area contributed by atoms with Gasteiger partial charge in [0.05, 0.1) is 10.1 Å². The summed E-state index contributed by atoms with van der Waals surface area (Å²) in [4.78, 5) is 26.1. The van der Waals surface area contributed by atoms with Crippen molar-refractivity contribution in [3.05, 3.63) is 21.3 Å². The maximum absolute atomic E-state index is 12.0. The lowest BCUT2D eigenvalue weighted by Crippen LogP contribution is -2.42. The van der Waals surface area contributed by atoms with Gasteiger partial charge in [-0.2, -0.15) is 0 Å². The van der Waals surface area contributed by atoms with E-state index in [1.54, 1.807) is 23.1 Å². The second kappa shape index (κ2) is 7.33. The Morgan fingerprint density at radius 3 is 2.65 bits per heavy atom. The zero-order valence-corrected chi connectivity index (χ0v) is 13.4. The van der Waals surface area contributed by atoms with Crippen LogP contribution in [0.2, 0.25) is 4.34 Å². The van der Waals surface area contributed by atoms with Crippen molar-refractivity contribution in [1.82, 2.24) is 4.90 Å². The van der Waals surface area contributed by atoms with Crippen LogP contribution in [0.4, 0.5) is 0 Å². The highest BCUT2D eigenvalue weighted by atomic mass is 35.5. The number of carbonyl (C=O) groups excluding carboxylic acids is 2. The van der Waals surface area contributed by atoms with Gasteiger partial charge >= 0.3 is 0 Å². The fourth-order valence-electron chi connectivity index (χ4n) is 2.17. The highest BCUT2D eigenvalue weighted by molar-refractivity contribution is 7.99. The standard InChI is InChI=1S/C13H17ClN2O2S2/c14-11-2-1-10(20-11)7-19-8-12(17)16-5-3-9(4-6-16)13(15)18/h1-2,9H,3-8H2,(H2,15,18). The van der Waals surface area contributed by atoms with Crippen molar-refractivity contribution in [1.29, 1.82) is 0 Å². The number of carbonyl (C=O) groups is 2. The van der Waals surface area contributed by atoms with Crippen molar-refractivity contribution < 1.29 is 9.59 Å². The predicted octanol–water partition coefficient (Wildman–Crippen LogP) is 2.36. The first-order valence-electron chi connectivity index (χ1n) is 6.45. The minimum atomic E-state index is -0.249. The van der Waals surface area contributed by atoms with Crippen molar-refractivity contribution in [3.63, 3.8) is 0 Å². The summed E-state index contributed by atoms with van der Waals surface area (Å²) < 4.78 is 0.778. The van der Waals surface area contributed by atoms with E-state index in [0.717, 1.165) is 10.1 Å². The van der Waals surface area contributed by atoms with Crippen molar-refractivity contribution in [3.8, 4) is 0 Å². The Labute approximate surface area is 131 Å². The van der Waals surface area contributed by atoms with Gasteiger partial charge in [-0.1, -0.05) is 11.6 Å². The third-order valence-corrected chi connectivity index (χ3v) is 5.73. The lowest BCUT2D eigenvalue weighted by molar-refractivity contribution is -0.132. The Bertz CT molecular complexity index is 484. The number of halogens is 1. The molecule has 4 nitrogen and oxygen atoms in total. The molecule has 0 bridgehead atoms. The molecule has 1 aliphatic heterocycles. The first-order valence-corrected chi connectivity index (χ1v) is 8.80. The van der Waals surface area contributed by atoms with Gasteiger partial charge in [-0.25, -0.2) is 0 Å². The van der Waals surface area contributed by atoms with Crippen molar-refractivity contribution in [2.75, 3.05) is 18.8 Å². The zero-order valence-electron chi connectivity index (χ0n) is 11.0. The topological polar surface area (TPSA) is 63.4 Å². The quantitative estimate of drug-likeness (QED) is 0.900. The SMILES string of the molecule is NC(=O)C1CCN(C(=O)CSCc2ccc(Cl)s2)CC1. The van der Waals surface area contributed by atoms with Crippen LogP contribution in [-0.2, 0) is 15.3 Å². The largest absolute Gasteiger partial charge is 0.369 e. The van der Waals surface area contributed by atoms with Crippen LogP contribution in [0.3, 0.4) is 0 Å². The number of amides is 2. The number of primary amides is 1. The first kappa shape index (κ1) is 15.7. The van der Waals surface area contributed by atoms with Crippen LogP contribution in [0.15, 0.2) is 12.1 Å². The van der Waals surface area contributed by atoms with Crippen LogP contribution < -0.4 is 5.73 Å². The Morgan fingerprint density at radius 1 is 1.40 bits per heavy atom. The fraction of sp³-hybridized carbons (Fsp3) is 0.538. The number of nitrogens with zero attached hydrogens (tertiary/aromatic N) is 1. The van der Waals surface area contributed by atoms with Gasteiger partial charge in [-0.15, -0.1) is 23.1 Å². The number of rotatable bonds is 5. The third kappa shape index (κ3) is 4.40. The Balaban J connectivity index is 1.69. The smallest absolute Gasteiger partial charge is 0.232 e. The minimum absolute atomic E-state index is 0.0695. The van der Waals surface area contributed by atoms with E-state index in [2.05, 4.69) is 0 Å². The van der Waals surface area contributed by atoms with Gasteiger partial charge in [-0.3, -0.25) is 9.59 Å². The van der Waals surface area contributed by atoms with Gasteiger partial charge in [0.1, 0.15) is 0 Å². The molecule has 1 aromatic rings. The molecule has 1 fully saturated rings. The van der Waals surface area contributed by atoms with Crippen LogP contribution in [0, 0.1) is 5.92 Å². The number of hydrogen-bond donors (Lipinski definition) is 1. The van der Waals surface area contributed by atoms with E-state index in [0.29, 0.717) is 31.7 Å². The van der Waals surface area contributed by atoms with Crippen LogP contribution in [0.5, 0.6) is 0 Å². The van der Waals surface area contributed by atoms with Crippen molar-refractivity contribution >= 4 is 46.5 Å². The maximum atomic E-state index is 12.0. The molecule has 110 valence electrons. The molecule has 1 saturated heterocycles. The molecular weight excluding hydrogens is 316 g/mol. The average Bonchev–Trinajstić information content (AvgIpc) is 2.84. The summed E-state index contributed by atoms with van der Waals surface area (Å²) in [6.07, 6.45) is 1.37. The van der Waals surface area contributed by atoms with Crippen LogP contribution in [0.25, 0.3) is 0 Å². The molecule has 7 heteroatoms. The monoisotopic (exact) mass is 332 g/mol. The molecular formula is C13H17ClN2O2S2. The van der Waals surface area contributed by atoms with Crippen molar-refractivity contribution in [2.45, 2.75) is 18.6 Å². The van der Waals surface area contributed by atoms with E-state index >= 15 is 0 Å². The Hall–Kier alpha value is -0.720. The molecule has 20 heavy (non-hydrogen) atoms. The summed E-state index contributed by atoms with van der Waals surface area (Å²) in [6.45, 7) is 1.27. The van der Waals surface area contributed by atoms with E-state index in [9.17, 15) is 9.59 Å². The molecule has 0 spiro atoms. The van der Waals surface area contributed by atoms with Crippen molar-refractivity contribution in [2.24, 2.45) is 11.7 Å². The molecule has 0 atom stereocenters. The van der Waals surface area contributed by atoms with E-state index in [1.807, 2.05) is 17.0 Å². The summed E-state index contributed by atoms with van der Waals surface area (Å²) in [7, 11) is 0. The highest BCUT2D eigenvalue weighted by Crippen LogP contribution is 2.25. The molecule has 0 saturated carbocycles. The van der Waals surface area contributed by atoms with Crippen LogP contribution >= 0.6 is 34.7 Å². The Kier molecular flexibility index (Phi) is 5.74. The van der Waals surface area contributed by atoms with E-state index in [4.69, 9.17) is 17.3 Å². The summed E-state index contributed by atoms with van der Waals surface area (Å²) in [5, 5.41) is 0. The number of nitrogens with two attached hydrogens (primary N) is 1. The molecule has 2 amide bonds. The van der Waals surface area contributed by atoms with Gasteiger partial charge in [0, 0.05) is 29.6 Å². The van der Waals surface area contributed by atoms with Gasteiger partial charge in [0.25, 0.3) is 0 Å². The second-order valence-electron chi connectivity index (χ2n) is 4.76. The second-order valence-corrected chi connectivity index (χ2v) is 7.54. The number of piperidine rings is 1. The zero-order chi connectivity index (χ0) is 14.5. The minimum Gasteiger partial charge on any atom is -0.369 e. The predicted molar refractivity (Wildman–Crippen MR) is 84.0 cm³/mol. The molecule has 2 N–H and O–H groups in total. The van der Waals surface area contributed by atoms with Gasteiger partial charge in [-0.05, 0) is 25.0 Å². The van der Waals surface area contributed by atoms with Gasteiger partial charge in [0.2, 0.25) is 11.8 Å². The van der Waals surface area contributed by atoms with E-state index < -0.39 is 0 Å². The molecule has 2 heterocycles. The molecule has 0 aliphatic carbocycles. The molecule has 1 aliphatic rings. The summed E-state index contributed by atoms with van der Waals surface area (Å²) >= 11 is 9.00. The molecule has 0 radical (unpaired) electrons. The van der Waals surface area contributed by atoms with E-state index in [-0.39, 0.29) is 17.7 Å². The average molecular weight is 333 g/mol. The lowest BCUT2D eigenvalue weighted by Gasteiger charge is -2.30. The molecule has 0 unspecified atom stereocenters. The number of hydrogen-bond acceptors (Lipinski definition) is 4. The number of thioether (sulfide) groups is 1. The number of thiophene rings is 1. The van der Waals surface area contributed by atoms with Gasteiger partial charge in [0.15, 0.2) is 0 Å². The molecule has 1 aromatic heterocycles. The Morgan fingerprint density at radius 2 is 2.10 bits per heavy atom. The normalized spacial score (nSPS) is 16.4. The number of likely N-dealkylation sites (tertiary alicyclic amines) is 1. The summed E-state index contributed by atoms with van der Waals surface area (Å²) in [5.41, 5.74) is 5.28. The lowest BCUT2D eigenvalue weighted by atomic mass is 9.96. The first-order chi connectivity index (χ1) is 9.56. The van der Waals surface area contributed by atoms with E-state index in [1.165, 1.54) is 4.88 Å². The molecule has 0 aromatic carbocycles. The maximum Gasteiger partial charge on any atom is 0.232 e.